The molecule has 0 saturated carbocycles. The first-order valence-electron chi connectivity index (χ1n) is 8.42. The van der Waals surface area contributed by atoms with Gasteiger partial charge in [-0.1, -0.05) is 35.9 Å². The molecule has 0 radical (unpaired) electrons. The summed E-state index contributed by atoms with van der Waals surface area (Å²) in [4.78, 5) is 25.8. The summed E-state index contributed by atoms with van der Waals surface area (Å²) in [7, 11) is 1.53. The summed E-state index contributed by atoms with van der Waals surface area (Å²) in [5, 5.41) is 3.51. The smallest absolute Gasteiger partial charge is 0.255 e. The Balaban J connectivity index is 1.86. The van der Waals surface area contributed by atoms with E-state index in [0.29, 0.717) is 42.4 Å². The van der Waals surface area contributed by atoms with Crippen molar-refractivity contribution in [3.05, 3.63) is 64.7 Å². The second-order valence-corrected chi connectivity index (χ2v) is 6.28. The number of rotatable bonds is 8. The van der Waals surface area contributed by atoms with E-state index in [1.807, 2.05) is 30.3 Å². The molecule has 0 aliphatic heterocycles. The first-order valence-corrected chi connectivity index (χ1v) is 8.80. The Morgan fingerprint density at radius 2 is 1.88 bits per heavy atom. The number of carbonyl (C=O) groups is 2. The Morgan fingerprint density at radius 3 is 2.58 bits per heavy atom. The number of ether oxygens (including phenoxy) is 1. The van der Waals surface area contributed by atoms with Crippen LogP contribution in [-0.2, 0) is 11.2 Å². The fourth-order valence-corrected chi connectivity index (χ4v) is 2.83. The van der Waals surface area contributed by atoms with E-state index in [1.54, 1.807) is 23.1 Å². The molecular weight excluding hydrogens is 352 g/mol. The summed E-state index contributed by atoms with van der Waals surface area (Å²) in [6.45, 7) is 2.91. The van der Waals surface area contributed by atoms with Crippen LogP contribution in [0.5, 0.6) is 5.75 Å². The van der Waals surface area contributed by atoms with Gasteiger partial charge in [-0.3, -0.25) is 9.59 Å². The van der Waals surface area contributed by atoms with Crippen molar-refractivity contribution in [3.63, 3.8) is 0 Å². The van der Waals surface area contributed by atoms with Gasteiger partial charge in [0, 0.05) is 31.6 Å². The maximum Gasteiger partial charge on any atom is 0.255 e. The minimum atomic E-state index is -0.221. The molecule has 0 aliphatic rings. The van der Waals surface area contributed by atoms with Crippen LogP contribution in [-0.4, -0.2) is 43.5 Å². The van der Waals surface area contributed by atoms with Crippen LogP contribution < -0.4 is 10.1 Å². The molecule has 2 rings (SSSR count). The van der Waals surface area contributed by atoms with E-state index >= 15 is 0 Å². The van der Waals surface area contributed by atoms with Crippen molar-refractivity contribution in [2.45, 2.75) is 13.3 Å². The van der Waals surface area contributed by atoms with Gasteiger partial charge in [-0.05, 0) is 36.2 Å². The van der Waals surface area contributed by atoms with E-state index < -0.39 is 0 Å². The molecule has 0 saturated heterocycles. The molecule has 1 N–H and O–H groups in total. The third-order valence-corrected chi connectivity index (χ3v) is 4.26. The minimum absolute atomic E-state index is 0.0291. The molecule has 26 heavy (non-hydrogen) atoms. The van der Waals surface area contributed by atoms with Crippen molar-refractivity contribution in [1.82, 2.24) is 10.2 Å². The molecule has 2 aromatic carbocycles. The molecule has 138 valence electrons. The normalized spacial score (nSPS) is 10.3. The highest BCUT2D eigenvalue weighted by Gasteiger charge is 2.13. The number of halogens is 1. The summed E-state index contributed by atoms with van der Waals surface area (Å²) in [5.41, 5.74) is 1.55. The molecule has 5 nitrogen and oxygen atoms in total. The molecule has 0 fully saturated rings. The predicted octanol–water partition coefficient (Wildman–Crippen LogP) is 3.17. The molecule has 0 atom stereocenters. The van der Waals surface area contributed by atoms with Gasteiger partial charge >= 0.3 is 0 Å². The van der Waals surface area contributed by atoms with Crippen LogP contribution in [0.4, 0.5) is 0 Å². The minimum Gasteiger partial charge on any atom is -0.496 e. The molecule has 0 aliphatic carbocycles. The molecule has 0 spiro atoms. The average molecular weight is 375 g/mol. The predicted molar refractivity (Wildman–Crippen MR) is 103 cm³/mol. The summed E-state index contributed by atoms with van der Waals surface area (Å²) in [5.74, 6) is 0.272. The molecular formula is C20H23ClN2O3. The first-order chi connectivity index (χ1) is 12.5. The summed E-state index contributed by atoms with van der Waals surface area (Å²) in [6.07, 6.45) is 0.709. The van der Waals surface area contributed by atoms with Crippen molar-refractivity contribution in [3.8, 4) is 5.75 Å². The van der Waals surface area contributed by atoms with Crippen LogP contribution in [0.25, 0.3) is 0 Å². The second kappa shape index (κ2) is 9.82. The molecule has 6 heteroatoms. The van der Waals surface area contributed by atoms with Gasteiger partial charge in [0.05, 0.1) is 12.7 Å². The lowest BCUT2D eigenvalue weighted by Gasteiger charge is -2.21. The van der Waals surface area contributed by atoms with Gasteiger partial charge in [0.1, 0.15) is 5.75 Å². The van der Waals surface area contributed by atoms with Crippen LogP contribution in [0, 0.1) is 0 Å². The fourth-order valence-electron chi connectivity index (χ4n) is 2.62. The maximum atomic E-state index is 12.3. The quantitative estimate of drug-likeness (QED) is 0.772. The number of benzene rings is 2. The molecule has 0 aromatic heterocycles. The van der Waals surface area contributed by atoms with E-state index in [9.17, 15) is 9.59 Å². The molecule has 2 aromatic rings. The van der Waals surface area contributed by atoms with Gasteiger partial charge in [0.15, 0.2) is 0 Å². The van der Waals surface area contributed by atoms with Gasteiger partial charge in [-0.2, -0.15) is 0 Å². The Kier molecular flexibility index (Phi) is 7.48. The Morgan fingerprint density at radius 1 is 1.12 bits per heavy atom. The van der Waals surface area contributed by atoms with Gasteiger partial charge in [-0.25, -0.2) is 0 Å². The van der Waals surface area contributed by atoms with Crippen molar-refractivity contribution in [1.29, 1.82) is 0 Å². The number of nitrogens with zero attached hydrogens (tertiary/aromatic N) is 1. The highest BCUT2D eigenvalue weighted by Crippen LogP contribution is 2.16. The average Bonchev–Trinajstić information content (AvgIpc) is 2.64. The zero-order valence-electron chi connectivity index (χ0n) is 15.0. The summed E-state index contributed by atoms with van der Waals surface area (Å²) >= 11 is 5.99. The maximum absolute atomic E-state index is 12.3. The van der Waals surface area contributed by atoms with Crippen LogP contribution >= 0.6 is 11.6 Å². The summed E-state index contributed by atoms with van der Waals surface area (Å²) in [6, 6.07) is 14.6. The second-order valence-electron chi connectivity index (χ2n) is 5.84. The molecule has 0 heterocycles. The van der Waals surface area contributed by atoms with Gasteiger partial charge in [0.2, 0.25) is 5.91 Å². The van der Waals surface area contributed by atoms with E-state index in [-0.39, 0.29) is 11.8 Å². The Bertz CT molecular complexity index is 764. The standard InChI is InChI=1S/C20H23ClN2O3/c1-15(24)23(12-10-16-6-5-7-17(21)14-16)13-11-22-20(25)18-8-3-4-9-19(18)26-2/h3-9,14H,10-13H2,1-2H3,(H,22,25). The Labute approximate surface area is 158 Å². The lowest BCUT2D eigenvalue weighted by molar-refractivity contribution is -0.128. The zero-order valence-corrected chi connectivity index (χ0v) is 15.8. The molecule has 2 amide bonds. The van der Waals surface area contributed by atoms with E-state index in [0.717, 1.165) is 5.56 Å². The third kappa shape index (κ3) is 5.77. The largest absolute Gasteiger partial charge is 0.496 e. The lowest BCUT2D eigenvalue weighted by Crippen LogP contribution is -2.38. The number of amides is 2. The van der Waals surface area contributed by atoms with Crippen LogP contribution in [0.2, 0.25) is 5.02 Å². The van der Waals surface area contributed by atoms with Crippen molar-refractivity contribution < 1.29 is 14.3 Å². The number of hydrogen-bond acceptors (Lipinski definition) is 3. The number of nitrogens with one attached hydrogen (secondary N) is 1. The lowest BCUT2D eigenvalue weighted by atomic mass is 10.1. The SMILES string of the molecule is COc1ccccc1C(=O)NCCN(CCc1cccc(Cl)c1)C(C)=O. The van der Waals surface area contributed by atoms with Crippen LogP contribution in [0.15, 0.2) is 48.5 Å². The zero-order chi connectivity index (χ0) is 18.9. The van der Waals surface area contributed by atoms with Gasteiger partial charge in [0.25, 0.3) is 5.91 Å². The molecule has 0 bridgehead atoms. The fraction of sp³-hybridized carbons (Fsp3) is 0.300. The van der Waals surface area contributed by atoms with E-state index in [2.05, 4.69) is 5.32 Å². The van der Waals surface area contributed by atoms with Gasteiger partial charge < -0.3 is 15.0 Å². The van der Waals surface area contributed by atoms with E-state index in [4.69, 9.17) is 16.3 Å². The van der Waals surface area contributed by atoms with Crippen LogP contribution in [0.3, 0.4) is 0 Å². The van der Waals surface area contributed by atoms with Crippen molar-refractivity contribution >= 4 is 23.4 Å². The van der Waals surface area contributed by atoms with E-state index in [1.165, 1.54) is 14.0 Å². The highest BCUT2D eigenvalue weighted by molar-refractivity contribution is 6.30. The monoisotopic (exact) mass is 374 g/mol. The number of methoxy groups -OCH3 is 1. The topological polar surface area (TPSA) is 58.6 Å². The first kappa shape index (κ1) is 19.8. The Hall–Kier alpha value is -2.53. The summed E-state index contributed by atoms with van der Waals surface area (Å²) < 4.78 is 5.19. The highest BCUT2D eigenvalue weighted by atomic mass is 35.5. The molecule has 0 unspecified atom stereocenters. The van der Waals surface area contributed by atoms with Gasteiger partial charge in [-0.15, -0.1) is 0 Å². The number of carbonyl (C=O) groups excluding carboxylic acids is 2. The third-order valence-electron chi connectivity index (χ3n) is 4.02. The number of hydrogen-bond donors (Lipinski definition) is 1. The van der Waals surface area contributed by atoms with Crippen molar-refractivity contribution in [2.75, 3.05) is 26.7 Å². The van der Waals surface area contributed by atoms with Crippen molar-refractivity contribution in [2.24, 2.45) is 0 Å². The number of para-hydroxylation sites is 1. The van der Waals surface area contributed by atoms with Crippen LogP contribution in [0.1, 0.15) is 22.8 Å².